The number of hydrogen-bond donors (Lipinski definition) is 3. The number of nitrogens with one attached hydrogen (secondary N) is 2. The highest BCUT2D eigenvalue weighted by Gasteiger charge is 2.44. The largest absolute Gasteiger partial charge is 0.408 e. The molecule has 2 amide bonds. The number of amides is 2. The second kappa shape index (κ2) is 10.5. The van der Waals surface area contributed by atoms with Crippen molar-refractivity contribution in [2.45, 2.75) is 76.3 Å². The van der Waals surface area contributed by atoms with Crippen LogP contribution in [-0.4, -0.2) is 68.7 Å². The number of aromatic nitrogens is 2. The van der Waals surface area contributed by atoms with Gasteiger partial charge < -0.3 is 20.6 Å². The first-order chi connectivity index (χ1) is 17.4. The van der Waals surface area contributed by atoms with Gasteiger partial charge in [-0.05, 0) is 45.6 Å². The lowest BCUT2D eigenvalue weighted by Crippen LogP contribution is -2.36. The molecule has 3 N–H and O–H groups in total. The zero-order valence-electron chi connectivity index (χ0n) is 20.0. The molecular weight excluding hydrogens is 521 g/mol. The highest BCUT2D eigenvalue weighted by molar-refractivity contribution is 7.17. The second-order valence-electron chi connectivity index (χ2n) is 9.29. The zero-order chi connectivity index (χ0) is 27.1. The minimum absolute atomic E-state index is 0.00173. The van der Waals surface area contributed by atoms with Crippen molar-refractivity contribution in [3.63, 3.8) is 0 Å². The van der Waals surface area contributed by atoms with Crippen molar-refractivity contribution in [1.82, 2.24) is 20.2 Å². The lowest BCUT2D eigenvalue weighted by Gasteiger charge is -2.22. The molecule has 0 aromatic carbocycles. The molecule has 2 aromatic rings. The summed E-state index contributed by atoms with van der Waals surface area (Å²) in [6.07, 6.45) is -3.49. The Labute approximate surface area is 213 Å². The van der Waals surface area contributed by atoms with Gasteiger partial charge in [0.25, 0.3) is 18.2 Å². The molecule has 2 aliphatic rings. The Morgan fingerprint density at radius 3 is 2.35 bits per heavy atom. The Morgan fingerprint density at radius 2 is 1.81 bits per heavy atom. The number of pyridine rings is 1. The monoisotopic (exact) mass is 547 g/mol. The molecular formula is C23H26F5N5O3S. The summed E-state index contributed by atoms with van der Waals surface area (Å²) in [7, 11) is 0. The normalized spacial score (nSPS) is 20.8. The van der Waals surface area contributed by atoms with E-state index in [1.165, 1.54) is 0 Å². The number of carbonyl (C=O) groups excluding carboxylic acids is 2. The fraction of sp³-hybridized carbons (Fsp3) is 0.565. The Balaban J connectivity index is 1.77. The number of alkyl halides is 5. The predicted octanol–water partition coefficient (Wildman–Crippen LogP) is 4.38. The molecule has 4 rings (SSSR count). The molecule has 8 nitrogen and oxygen atoms in total. The van der Waals surface area contributed by atoms with Crippen LogP contribution in [0.4, 0.5) is 27.8 Å². The summed E-state index contributed by atoms with van der Waals surface area (Å²) in [6.45, 7) is 2.03. The second-order valence-corrected chi connectivity index (χ2v) is 10.3. The van der Waals surface area contributed by atoms with Crippen LogP contribution in [-0.2, 0) is 0 Å². The Hall–Kier alpha value is -2.87. The topological polar surface area (TPSA) is 107 Å². The van der Waals surface area contributed by atoms with Gasteiger partial charge in [-0.25, -0.2) is 18.7 Å². The first-order valence-electron chi connectivity index (χ1n) is 11.8. The maximum Gasteiger partial charge on any atom is 0.408 e. The standard InChI is InChI=1S/C23H26F5N5O3S/c1-10(9-34)30-20(35)21-32-17(22(36)33-12-3-4-13(33)6-5-12)18(37-21)15-8-29-16(7-14(15)19(24)25)31-11(2)23(26,27)28/h7-8,10-13,19,34H,3-6,9H2,1-2H3,(H,29,31)(H,30,35)/t10-,11+,12?,13?/m1/s1. The molecule has 202 valence electrons. The van der Waals surface area contributed by atoms with E-state index in [1.54, 1.807) is 11.8 Å². The fourth-order valence-electron chi connectivity index (χ4n) is 4.67. The molecule has 0 radical (unpaired) electrons. The molecule has 0 unspecified atom stereocenters. The number of fused-ring (bicyclic) bond motifs is 2. The van der Waals surface area contributed by atoms with E-state index >= 15 is 0 Å². The summed E-state index contributed by atoms with van der Waals surface area (Å²) >= 11 is 0.713. The molecule has 4 heterocycles. The molecule has 0 saturated carbocycles. The average molecular weight is 548 g/mol. The minimum atomic E-state index is -4.62. The van der Waals surface area contributed by atoms with Gasteiger partial charge in [-0.1, -0.05) is 0 Å². The lowest BCUT2D eigenvalue weighted by molar-refractivity contribution is -0.138. The van der Waals surface area contributed by atoms with Crippen LogP contribution in [0, 0.1) is 0 Å². The molecule has 14 heteroatoms. The van der Waals surface area contributed by atoms with Crippen molar-refractivity contribution in [2.24, 2.45) is 0 Å². The van der Waals surface area contributed by atoms with E-state index in [2.05, 4.69) is 20.6 Å². The highest BCUT2D eigenvalue weighted by Crippen LogP contribution is 2.42. The Kier molecular flexibility index (Phi) is 7.70. The molecule has 2 aromatic heterocycles. The summed E-state index contributed by atoms with van der Waals surface area (Å²) in [5.41, 5.74) is -1.02. The van der Waals surface area contributed by atoms with Crippen molar-refractivity contribution >= 4 is 29.0 Å². The number of thiazole rings is 1. The van der Waals surface area contributed by atoms with Gasteiger partial charge in [0.2, 0.25) is 0 Å². The van der Waals surface area contributed by atoms with E-state index in [1.807, 2.05) is 0 Å². The molecule has 0 aliphatic carbocycles. The van der Waals surface area contributed by atoms with Crippen molar-refractivity contribution in [1.29, 1.82) is 0 Å². The first-order valence-corrected chi connectivity index (χ1v) is 12.6. The number of anilines is 1. The number of aliphatic hydroxyl groups excluding tert-OH is 1. The van der Waals surface area contributed by atoms with Gasteiger partial charge in [-0.2, -0.15) is 13.2 Å². The van der Waals surface area contributed by atoms with Gasteiger partial charge in [0.1, 0.15) is 17.6 Å². The van der Waals surface area contributed by atoms with Crippen molar-refractivity contribution < 1.29 is 36.6 Å². The van der Waals surface area contributed by atoms with E-state index in [0.29, 0.717) is 11.3 Å². The van der Waals surface area contributed by atoms with E-state index in [-0.39, 0.29) is 39.8 Å². The van der Waals surface area contributed by atoms with Crippen LogP contribution in [0.3, 0.4) is 0 Å². The van der Waals surface area contributed by atoms with E-state index in [4.69, 9.17) is 0 Å². The van der Waals surface area contributed by atoms with Gasteiger partial charge in [0.15, 0.2) is 5.01 Å². The quantitative estimate of drug-likeness (QED) is 0.424. The molecule has 2 saturated heterocycles. The zero-order valence-corrected chi connectivity index (χ0v) is 20.8. The summed E-state index contributed by atoms with van der Waals surface area (Å²) in [5.74, 6) is -1.59. The number of halogens is 5. The summed E-state index contributed by atoms with van der Waals surface area (Å²) in [6, 6.07) is -1.84. The maximum atomic E-state index is 14.1. The minimum Gasteiger partial charge on any atom is -0.394 e. The molecule has 0 spiro atoms. The van der Waals surface area contributed by atoms with E-state index < -0.39 is 47.9 Å². The van der Waals surface area contributed by atoms with Crippen LogP contribution >= 0.6 is 11.3 Å². The first kappa shape index (κ1) is 27.2. The third-order valence-corrected chi connectivity index (χ3v) is 7.72. The number of nitrogens with zero attached hydrogens (tertiary/aromatic N) is 3. The van der Waals surface area contributed by atoms with Gasteiger partial charge in [0.05, 0.1) is 11.5 Å². The number of aliphatic hydroxyl groups is 1. The smallest absolute Gasteiger partial charge is 0.394 e. The Bertz CT molecular complexity index is 1150. The maximum absolute atomic E-state index is 14.1. The van der Waals surface area contributed by atoms with Crippen LogP contribution in [0.5, 0.6) is 0 Å². The molecule has 2 fully saturated rings. The average Bonchev–Trinajstić information content (AvgIpc) is 3.57. The van der Waals surface area contributed by atoms with Crippen LogP contribution in [0.1, 0.15) is 71.8 Å². The molecule has 2 aliphatic heterocycles. The van der Waals surface area contributed by atoms with Crippen molar-refractivity contribution in [2.75, 3.05) is 11.9 Å². The van der Waals surface area contributed by atoms with Crippen LogP contribution in [0.15, 0.2) is 12.3 Å². The third kappa shape index (κ3) is 5.54. The lowest BCUT2D eigenvalue weighted by atomic mass is 10.0. The molecule has 37 heavy (non-hydrogen) atoms. The van der Waals surface area contributed by atoms with Crippen LogP contribution in [0.2, 0.25) is 0 Å². The van der Waals surface area contributed by atoms with Gasteiger partial charge >= 0.3 is 6.18 Å². The molecule has 2 atom stereocenters. The van der Waals surface area contributed by atoms with Crippen LogP contribution in [0.25, 0.3) is 10.4 Å². The summed E-state index contributed by atoms with van der Waals surface area (Å²) in [5, 5.41) is 13.6. The van der Waals surface area contributed by atoms with Crippen LogP contribution < -0.4 is 10.6 Å². The summed E-state index contributed by atoms with van der Waals surface area (Å²) in [4.78, 5) is 36.0. The third-order valence-electron chi connectivity index (χ3n) is 6.63. The van der Waals surface area contributed by atoms with Gasteiger partial charge in [-0.15, -0.1) is 11.3 Å². The number of carbonyl (C=O) groups is 2. The highest BCUT2D eigenvalue weighted by atomic mass is 32.1. The van der Waals surface area contributed by atoms with Gasteiger partial charge in [0, 0.05) is 35.4 Å². The van der Waals surface area contributed by atoms with E-state index in [9.17, 15) is 36.6 Å². The SMILES string of the molecule is C[C@H](CO)NC(=O)c1nc(C(=O)N2C3CCC2CC3)c(-c2cnc(N[C@@H](C)C(F)(F)F)cc2C(F)F)s1. The Morgan fingerprint density at radius 1 is 1.19 bits per heavy atom. The molecule has 2 bridgehead atoms. The summed E-state index contributed by atoms with van der Waals surface area (Å²) < 4.78 is 67.1. The van der Waals surface area contributed by atoms with Crippen molar-refractivity contribution in [3.8, 4) is 10.4 Å². The van der Waals surface area contributed by atoms with Gasteiger partial charge in [-0.3, -0.25) is 9.59 Å². The fourth-order valence-corrected chi connectivity index (χ4v) is 5.66. The predicted molar refractivity (Wildman–Crippen MR) is 126 cm³/mol. The van der Waals surface area contributed by atoms with E-state index in [0.717, 1.165) is 44.9 Å². The number of rotatable bonds is 8. The van der Waals surface area contributed by atoms with Crippen molar-refractivity contribution in [3.05, 3.63) is 28.5 Å². The number of hydrogen-bond acceptors (Lipinski definition) is 7.